The van der Waals surface area contributed by atoms with Gasteiger partial charge in [0.1, 0.15) is 16.1 Å². The quantitative estimate of drug-likeness (QED) is 0.156. The molecular weight excluding hydrogens is 924 g/mol. The number of aliphatic imine (C=N–C) groups is 2. The van der Waals surface area contributed by atoms with Gasteiger partial charge in [0.05, 0.1) is 0 Å². The van der Waals surface area contributed by atoms with Gasteiger partial charge in [0.2, 0.25) is 0 Å². The van der Waals surface area contributed by atoms with Crippen LogP contribution in [0.3, 0.4) is 0 Å². The third-order valence-corrected chi connectivity index (χ3v) is 22.7. The molecule has 52 heavy (non-hydrogen) atoms. The fourth-order valence-corrected chi connectivity index (χ4v) is 18.6. The monoisotopic (exact) mass is 987 g/mol. The Hall–Kier alpha value is -0.218. The Bertz CT molecular complexity index is 1610. The first-order chi connectivity index (χ1) is 23.9. The maximum atomic E-state index is 6.06. The van der Waals surface area contributed by atoms with E-state index in [2.05, 4.69) is 91.3 Å². The van der Waals surface area contributed by atoms with Crippen LogP contribution < -0.4 is 0 Å². The van der Waals surface area contributed by atoms with Crippen LogP contribution in [0.5, 0.6) is 0 Å². The van der Waals surface area contributed by atoms with Gasteiger partial charge in [-0.3, -0.25) is 9.98 Å². The Morgan fingerprint density at radius 3 is 1.35 bits per heavy atom. The summed E-state index contributed by atoms with van der Waals surface area (Å²) in [6.45, 7) is 24.4. The minimum Gasteiger partial charge on any atom is -0.779 e. The molecule has 9 heteroatoms. The van der Waals surface area contributed by atoms with Crippen molar-refractivity contribution < 1.29 is 21.1 Å². The maximum Gasteiger partial charge on any atom is 2.00 e. The van der Waals surface area contributed by atoms with E-state index in [4.69, 9.17) is 35.2 Å². The molecule has 4 aliphatic rings. The maximum absolute atomic E-state index is 6.06. The summed E-state index contributed by atoms with van der Waals surface area (Å²) in [6.07, 6.45) is 17.9. The Kier molecular flexibility index (Phi) is 13.5. The molecule has 0 radical (unpaired) electrons. The zero-order valence-corrected chi connectivity index (χ0v) is 41.2. The molecule has 2 aromatic rings. The molecule has 2 saturated carbocycles. The van der Waals surface area contributed by atoms with Crippen LogP contribution >= 0.6 is 22.7 Å². The van der Waals surface area contributed by atoms with Gasteiger partial charge in [-0.2, -0.15) is 9.79 Å². The van der Waals surface area contributed by atoms with Gasteiger partial charge in [-0.15, -0.1) is 22.7 Å². The summed E-state index contributed by atoms with van der Waals surface area (Å²) in [6, 6.07) is 4.73. The van der Waals surface area contributed by atoms with Crippen molar-refractivity contribution in [2.75, 3.05) is 0 Å². The van der Waals surface area contributed by atoms with Crippen LogP contribution in [0.1, 0.15) is 150 Å². The molecule has 2 atom stereocenters. The Morgan fingerprint density at radius 2 is 1.02 bits per heavy atom. The molecule has 0 N–H and O–H groups in total. The van der Waals surface area contributed by atoms with Crippen molar-refractivity contribution in [3.8, 4) is 0 Å². The molecule has 2 aliphatic heterocycles. The number of rotatable bonds is 12. The van der Waals surface area contributed by atoms with Crippen molar-refractivity contribution in [2.45, 2.75) is 179 Å². The zero-order valence-electron chi connectivity index (χ0n) is 33.7. The Balaban J connectivity index is 0.00000523. The van der Waals surface area contributed by atoms with Crippen LogP contribution in [-0.2, 0) is 59.2 Å². The summed E-state index contributed by atoms with van der Waals surface area (Å²) in [5, 5.41) is 2.75. The molecule has 0 amide bonds. The first-order valence-corrected chi connectivity index (χ1v) is 28.7. The van der Waals surface area contributed by atoms with Crippen LogP contribution in [-0.4, -0.2) is 26.8 Å². The van der Waals surface area contributed by atoms with Crippen molar-refractivity contribution >= 4 is 74.7 Å². The number of hydrogen-bond acceptors (Lipinski definition) is 6. The molecule has 2 fully saturated rings. The van der Waals surface area contributed by atoms with E-state index in [0.29, 0.717) is 22.7 Å². The van der Waals surface area contributed by atoms with Gasteiger partial charge in [-0.1, -0.05) is 116 Å². The molecule has 0 saturated heterocycles. The topological polar surface area (TPSA) is 24.7 Å². The van der Waals surface area contributed by atoms with Gasteiger partial charge >= 0.3 is 21.1 Å². The second-order valence-corrected chi connectivity index (χ2v) is 30.7. The fourth-order valence-electron chi connectivity index (χ4n) is 10.0. The van der Waals surface area contributed by atoms with E-state index in [1.807, 2.05) is 22.7 Å². The molecule has 2 aliphatic carbocycles. The molecule has 2 aromatic heterocycles. The SMILES string of the molecule is CCC(c1cc([S-])c(CC2=NC(C(C)(C)C3=C[Si](C)(C)C(Cc4sc(C(CC)C5(C)CCCCC5)cc4[S-])=N3)=C[Si]2(C)C)s1)C1(C)CCCCC1.[Pt+2]. The minimum absolute atomic E-state index is 0. The molecule has 2 unspecified atom stereocenters. The summed E-state index contributed by atoms with van der Waals surface area (Å²) in [4.78, 5) is 18.9. The smallest absolute Gasteiger partial charge is 0.779 e. The van der Waals surface area contributed by atoms with Crippen molar-refractivity contribution in [1.82, 2.24) is 0 Å². The predicted octanol–water partition coefficient (Wildman–Crippen LogP) is 13.6. The second-order valence-electron chi connectivity index (χ2n) is 18.8. The largest absolute Gasteiger partial charge is 2.00 e. The van der Waals surface area contributed by atoms with Crippen molar-refractivity contribution in [2.24, 2.45) is 26.2 Å². The standard InChI is InChI=1S/C43H66N2S4Si2.Pt/c1-11-29(42(5)19-15-13-16-20-42)33-23-31(46)35(48-33)25-39-44-37(27-50(39,7)8)41(3,4)38-28-51(9,10)40(45-38)26-36-32(47)24-34(49-36)30(12-2)43(6)21-17-14-18-22-43;/h23-24,27-30,46-47H,11-22,25-26H2,1-10H3;/q;+2/p-2. The summed E-state index contributed by atoms with van der Waals surface area (Å²) in [7, 11) is -3.71. The molecule has 6 rings (SSSR count). The summed E-state index contributed by atoms with van der Waals surface area (Å²) < 4.78 is 0. The van der Waals surface area contributed by atoms with Crippen molar-refractivity contribution in [1.29, 1.82) is 0 Å². The minimum atomic E-state index is -1.85. The molecule has 288 valence electrons. The van der Waals surface area contributed by atoms with Crippen molar-refractivity contribution in [3.63, 3.8) is 0 Å². The molecule has 0 spiro atoms. The fraction of sp³-hybridized carbons (Fsp3) is 0.674. The summed E-state index contributed by atoms with van der Waals surface area (Å²) in [5.41, 5.74) is 8.13. The zero-order chi connectivity index (χ0) is 37.0. The Morgan fingerprint density at radius 1 is 0.673 bits per heavy atom. The second kappa shape index (κ2) is 16.3. The first-order valence-electron chi connectivity index (χ1n) is 20.1. The van der Waals surface area contributed by atoms with Crippen LogP contribution in [0.2, 0.25) is 26.2 Å². The van der Waals surface area contributed by atoms with Gasteiger partial charge < -0.3 is 25.3 Å². The Labute approximate surface area is 352 Å². The molecular formula is C43H64N2PtS4Si2. The molecule has 0 aromatic carbocycles. The van der Waals surface area contributed by atoms with Crippen LogP contribution in [0.25, 0.3) is 0 Å². The number of nitrogens with zero attached hydrogens (tertiary/aromatic N) is 2. The van der Waals surface area contributed by atoms with Crippen LogP contribution in [0.4, 0.5) is 0 Å². The van der Waals surface area contributed by atoms with Gasteiger partial charge in [0.25, 0.3) is 0 Å². The van der Waals surface area contributed by atoms with Crippen LogP contribution in [0.15, 0.2) is 54.7 Å². The van der Waals surface area contributed by atoms with Gasteiger partial charge in [-0.25, -0.2) is 0 Å². The van der Waals surface area contributed by atoms with E-state index in [-0.39, 0.29) is 26.5 Å². The summed E-state index contributed by atoms with van der Waals surface area (Å²) >= 11 is 16.1. The first kappa shape index (κ1) is 42.9. The van der Waals surface area contributed by atoms with Gasteiger partial charge in [0, 0.05) is 50.1 Å². The van der Waals surface area contributed by atoms with E-state index in [1.165, 1.54) is 119 Å². The number of hydrogen-bond donors (Lipinski definition) is 0. The third-order valence-electron chi connectivity index (χ3n) is 13.7. The normalized spacial score (nSPS) is 23.3. The average molecular weight is 989 g/mol. The van der Waals surface area contributed by atoms with E-state index in [9.17, 15) is 0 Å². The molecule has 4 heterocycles. The van der Waals surface area contributed by atoms with E-state index >= 15 is 0 Å². The number of thiophene rings is 2. The molecule has 0 bridgehead atoms. The average Bonchev–Trinajstić information content (AvgIpc) is 3.78. The molecule has 2 nitrogen and oxygen atoms in total. The third kappa shape index (κ3) is 8.54. The van der Waals surface area contributed by atoms with Gasteiger partial charge in [0.15, 0.2) is 0 Å². The van der Waals surface area contributed by atoms with Crippen LogP contribution in [0, 0.1) is 16.2 Å². The van der Waals surface area contributed by atoms with Crippen molar-refractivity contribution in [3.05, 3.63) is 54.4 Å². The van der Waals surface area contributed by atoms with E-state index in [0.717, 1.165) is 22.6 Å². The van der Waals surface area contributed by atoms with E-state index in [1.54, 1.807) is 0 Å². The van der Waals surface area contributed by atoms with E-state index < -0.39 is 16.1 Å². The van der Waals surface area contributed by atoms with Gasteiger partial charge in [-0.05, 0) is 84.8 Å². The summed E-state index contributed by atoms with van der Waals surface area (Å²) in [5.74, 6) is 1.22. The predicted molar refractivity (Wildman–Crippen MR) is 236 cm³/mol.